The first-order chi connectivity index (χ1) is 17.1. The number of carboxylic acid groups (broad SMARTS) is 1. The summed E-state index contributed by atoms with van der Waals surface area (Å²) in [7, 11) is -3.65. The first-order valence-corrected chi connectivity index (χ1v) is 14.4. The van der Waals surface area contributed by atoms with Crippen molar-refractivity contribution in [1.29, 1.82) is 0 Å². The van der Waals surface area contributed by atoms with Gasteiger partial charge in [-0.1, -0.05) is 23.7 Å². The fourth-order valence-electron chi connectivity index (χ4n) is 6.26. The molecule has 1 aromatic rings. The highest BCUT2D eigenvalue weighted by molar-refractivity contribution is 7.90. The number of hydrogen-bond donors (Lipinski definition) is 4. The second kappa shape index (κ2) is 8.32. The summed E-state index contributed by atoms with van der Waals surface area (Å²) < 4.78 is 26.9. The Hall–Kier alpha value is -2.37. The molecule has 1 saturated heterocycles. The highest BCUT2D eigenvalue weighted by Crippen LogP contribution is 2.61. The molecule has 3 aliphatic carbocycles. The molecule has 4 N–H and O–H groups in total. The van der Waals surface area contributed by atoms with E-state index < -0.39 is 50.8 Å². The Labute approximate surface area is 214 Å². The van der Waals surface area contributed by atoms with E-state index in [9.17, 15) is 27.9 Å². The van der Waals surface area contributed by atoms with Crippen molar-refractivity contribution in [3.8, 4) is 0 Å². The Bertz CT molecular complexity index is 1250. The van der Waals surface area contributed by atoms with Crippen LogP contribution in [0.1, 0.15) is 55.7 Å². The van der Waals surface area contributed by atoms with Crippen molar-refractivity contribution < 1.29 is 27.9 Å². The molecule has 36 heavy (non-hydrogen) atoms. The van der Waals surface area contributed by atoms with Crippen molar-refractivity contribution >= 4 is 39.5 Å². The number of sulfonamides is 1. The molecule has 3 amide bonds. The Morgan fingerprint density at radius 2 is 1.92 bits per heavy atom. The summed E-state index contributed by atoms with van der Waals surface area (Å²) in [5.41, 5.74) is 0.830. The third-order valence-electron chi connectivity index (χ3n) is 8.56. The van der Waals surface area contributed by atoms with Gasteiger partial charge in [0, 0.05) is 17.6 Å². The number of carbonyl (C=O) groups excluding carboxylic acids is 2. The quantitative estimate of drug-likeness (QED) is 0.415. The van der Waals surface area contributed by atoms with Crippen LogP contribution in [0.2, 0.25) is 5.02 Å². The maximum atomic E-state index is 13.2. The van der Waals surface area contributed by atoms with Gasteiger partial charge in [-0.3, -0.25) is 19.2 Å². The van der Waals surface area contributed by atoms with E-state index in [2.05, 4.69) is 15.4 Å². The molecule has 3 saturated carbocycles. The largest absolute Gasteiger partial charge is 0.465 e. The maximum Gasteiger partial charge on any atom is 0.408 e. The van der Waals surface area contributed by atoms with Crippen LogP contribution in [0.25, 0.3) is 0 Å². The van der Waals surface area contributed by atoms with Gasteiger partial charge in [0.15, 0.2) is 0 Å². The van der Waals surface area contributed by atoms with Gasteiger partial charge in [-0.15, -0.1) is 0 Å². The minimum Gasteiger partial charge on any atom is -0.465 e. The standard InChI is InChI=1S/C24H29ClN4O6S/c25-17-3-1-2-15-16(17)11-29(23(32)33)20(15)12-8-18(26-10-12)21(30)27-19-9-24(19,13-4-5-13)22(31)28-36(34,35)14-6-7-14/h1-3,12-14,18-20,26H,4-11H2,(H,27,30)(H,28,31)(H,32,33)/t12-,18+,19-,20?,24+/m1/s1. The number of carbonyl (C=O) groups is 3. The zero-order valence-electron chi connectivity index (χ0n) is 19.6. The zero-order valence-corrected chi connectivity index (χ0v) is 21.1. The predicted molar refractivity (Wildman–Crippen MR) is 129 cm³/mol. The summed E-state index contributed by atoms with van der Waals surface area (Å²) in [6, 6.07) is 4.14. The van der Waals surface area contributed by atoms with Crippen molar-refractivity contribution in [1.82, 2.24) is 20.3 Å². The highest BCUT2D eigenvalue weighted by Gasteiger charge is 2.68. The molecule has 2 heterocycles. The highest BCUT2D eigenvalue weighted by atomic mass is 35.5. The molecule has 194 valence electrons. The fourth-order valence-corrected chi connectivity index (χ4v) is 7.87. The van der Waals surface area contributed by atoms with Gasteiger partial charge in [-0.05, 0) is 67.6 Å². The Kier molecular flexibility index (Phi) is 5.55. The Balaban J connectivity index is 1.12. The summed E-state index contributed by atoms with van der Waals surface area (Å²) in [5, 5.41) is 16.1. The summed E-state index contributed by atoms with van der Waals surface area (Å²) >= 11 is 6.33. The van der Waals surface area contributed by atoms with E-state index in [0.29, 0.717) is 37.3 Å². The lowest BCUT2D eigenvalue weighted by atomic mass is 9.90. The third-order valence-corrected chi connectivity index (χ3v) is 10.7. The number of nitrogens with zero attached hydrogens (tertiary/aromatic N) is 1. The van der Waals surface area contributed by atoms with Crippen molar-refractivity contribution in [2.45, 2.75) is 68.4 Å². The monoisotopic (exact) mass is 536 g/mol. The first-order valence-electron chi connectivity index (χ1n) is 12.5. The maximum absolute atomic E-state index is 13.2. The van der Waals surface area contributed by atoms with Crippen molar-refractivity contribution in [2.24, 2.45) is 17.3 Å². The van der Waals surface area contributed by atoms with Gasteiger partial charge in [-0.25, -0.2) is 13.2 Å². The van der Waals surface area contributed by atoms with Crippen LogP contribution < -0.4 is 15.4 Å². The number of rotatable bonds is 7. The number of amides is 3. The van der Waals surface area contributed by atoms with Crippen LogP contribution in [0.3, 0.4) is 0 Å². The zero-order chi connectivity index (χ0) is 25.4. The van der Waals surface area contributed by atoms with Crippen molar-refractivity contribution in [3.05, 3.63) is 34.3 Å². The molecule has 1 aromatic carbocycles. The molecule has 12 heteroatoms. The predicted octanol–water partition coefficient (Wildman–Crippen LogP) is 1.75. The number of benzene rings is 1. The Morgan fingerprint density at radius 1 is 1.17 bits per heavy atom. The van der Waals surface area contributed by atoms with E-state index in [1.54, 1.807) is 6.07 Å². The molecule has 10 nitrogen and oxygen atoms in total. The van der Waals surface area contributed by atoms with Crippen LogP contribution in [0.4, 0.5) is 4.79 Å². The van der Waals surface area contributed by atoms with Crippen LogP contribution >= 0.6 is 11.6 Å². The minimum atomic E-state index is -3.65. The fraction of sp³-hybridized carbons (Fsp3) is 0.625. The van der Waals surface area contributed by atoms with Crippen molar-refractivity contribution in [3.63, 3.8) is 0 Å². The molecule has 0 radical (unpaired) electrons. The summed E-state index contributed by atoms with van der Waals surface area (Å²) in [5.74, 6) is -0.758. The van der Waals surface area contributed by atoms with Crippen LogP contribution in [0.15, 0.2) is 18.2 Å². The average molecular weight is 537 g/mol. The molecular weight excluding hydrogens is 508 g/mol. The van der Waals surface area contributed by atoms with Gasteiger partial charge in [0.25, 0.3) is 0 Å². The minimum absolute atomic E-state index is 0.0883. The molecule has 6 rings (SSSR count). The molecule has 0 aromatic heterocycles. The second-order valence-electron chi connectivity index (χ2n) is 10.9. The number of nitrogens with one attached hydrogen (secondary N) is 3. The smallest absolute Gasteiger partial charge is 0.408 e. The SMILES string of the molecule is O=C(N[C@@H]1C[C@]1(C(=O)NS(=O)(=O)C1CC1)C1CC1)[C@@H]1C[C@@H](C2c3cccc(Cl)c3CN2C(=O)O)CN1. The van der Waals surface area contributed by atoms with Crippen LogP contribution in [-0.4, -0.2) is 60.2 Å². The molecular formula is C24H29ClN4O6S. The van der Waals surface area contributed by atoms with Crippen molar-refractivity contribution in [2.75, 3.05) is 6.54 Å². The normalized spacial score (nSPS) is 33.2. The second-order valence-corrected chi connectivity index (χ2v) is 13.2. The van der Waals surface area contributed by atoms with Crippen LogP contribution in [0, 0.1) is 17.3 Å². The average Bonchev–Trinajstić information content (AvgIpc) is 3.71. The number of halogens is 1. The summed E-state index contributed by atoms with van der Waals surface area (Å²) in [6.45, 7) is 0.685. The Morgan fingerprint density at radius 3 is 2.58 bits per heavy atom. The topological polar surface area (TPSA) is 145 Å². The number of hydrogen-bond acceptors (Lipinski definition) is 6. The third kappa shape index (κ3) is 3.95. The van der Waals surface area contributed by atoms with E-state index in [4.69, 9.17) is 11.6 Å². The lowest BCUT2D eigenvalue weighted by Gasteiger charge is -2.27. The van der Waals surface area contributed by atoms with E-state index in [0.717, 1.165) is 24.0 Å². The molecule has 0 spiro atoms. The van der Waals surface area contributed by atoms with Gasteiger partial charge in [-0.2, -0.15) is 0 Å². The summed E-state index contributed by atoms with van der Waals surface area (Å²) in [6.07, 6.45) is 2.70. The van der Waals surface area contributed by atoms with Gasteiger partial charge < -0.3 is 15.7 Å². The molecule has 2 aliphatic heterocycles. The molecule has 5 aliphatic rings. The molecule has 4 fully saturated rings. The van der Waals surface area contributed by atoms with Gasteiger partial charge in [0.05, 0.1) is 29.3 Å². The lowest BCUT2D eigenvalue weighted by Crippen LogP contribution is -2.46. The van der Waals surface area contributed by atoms with E-state index >= 15 is 0 Å². The van der Waals surface area contributed by atoms with Crippen LogP contribution in [0.5, 0.6) is 0 Å². The van der Waals surface area contributed by atoms with E-state index in [-0.39, 0.29) is 24.3 Å². The number of fused-ring (bicyclic) bond motifs is 1. The van der Waals surface area contributed by atoms with Crippen LogP contribution in [-0.2, 0) is 26.2 Å². The van der Waals surface area contributed by atoms with Gasteiger partial charge >= 0.3 is 6.09 Å². The van der Waals surface area contributed by atoms with Gasteiger partial charge in [0.2, 0.25) is 21.8 Å². The molecule has 1 unspecified atom stereocenters. The molecule has 0 bridgehead atoms. The van der Waals surface area contributed by atoms with Gasteiger partial charge in [0.1, 0.15) is 0 Å². The molecule has 5 atom stereocenters. The van der Waals surface area contributed by atoms with E-state index in [1.807, 2.05) is 12.1 Å². The van der Waals surface area contributed by atoms with E-state index in [1.165, 1.54) is 4.90 Å². The lowest BCUT2D eigenvalue weighted by molar-refractivity contribution is -0.126. The first kappa shape index (κ1) is 24.0. The summed E-state index contributed by atoms with van der Waals surface area (Å²) in [4.78, 5) is 39.5.